The Morgan fingerprint density at radius 1 is 1.53 bits per heavy atom. The molecule has 0 spiro atoms. The normalized spacial score (nSPS) is 10.7. The molecule has 0 amide bonds. The summed E-state index contributed by atoms with van der Waals surface area (Å²) in [4.78, 5) is 14.7. The van der Waals surface area contributed by atoms with Gasteiger partial charge in [0.15, 0.2) is 0 Å². The first kappa shape index (κ1) is 11.3. The van der Waals surface area contributed by atoms with E-state index in [-0.39, 0.29) is 6.42 Å². The summed E-state index contributed by atoms with van der Waals surface area (Å²) in [6, 6.07) is 0. The van der Waals surface area contributed by atoms with Gasteiger partial charge in [-0.05, 0) is 13.8 Å². The van der Waals surface area contributed by atoms with Crippen LogP contribution in [0.25, 0.3) is 0 Å². The van der Waals surface area contributed by atoms with E-state index in [0.29, 0.717) is 18.1 Å². The van der Waals surface area contributed by atoms with E-state index in [1.165, 1.54) is 4.68 Å². The van der Waals surface area contributed by atoms with Gasteiger partial charge in [-0.2, -0.15) is 0 Å². The molecule has 0 saturated carbocycles. The summed E-state index contributed by atoms with van der Waals surface area (Å²) in [5, 5.41) is 16.1. The molecular weight excluding hydrogens is 224 g/mol. The van der Waals surface area contributed by atoms with Crippen molar-refractivity contribution >= 4 is 5.97 Å². The van der Waals surface area contributed by atoms with Gasteiger partial charge in [-0.1, -0.05) is 5.21 Å². The van der Waals surface area contributed by atoms with Crippen molar-refractivity contribution in [2.24, 2.45) is 0 Å². The largest absolute Gasteiger partial charge is 0.481 e. The zero-order valence-electron chi connectivity index (χ0n) is 9.54. The highest BCUT2D eigenvalue weighted by Crippen LogP contribution is 2.09. The lowest BCUT2D eigenvalue weighted by molar-refractivity contribution is -0.136. The maximum Gasteiger partial charge on any atom is 0.309 e. The zero-order chi connectivity index (χ0) is 12.4. The van der Waals surface area contributed by atoms with Gasteiger partial charge in [-0.3, -0.25) is 4.79 Å². The summed E-state index contributed by atoms with van der Waals surface area (Å²) in [6.45, 7) is 4.05. The van der Waals surface area contributed by atoms with Crippen LogP contribution in [0.3, 0.4) is 0 Å². The van der Waals surface area contributed by atoms with E-state index < -0.39 is 5.97 Å². The number of carbonyl (C=O) groups is 1. The average molecular weight is 236 g/mol. The van der Waals surface area contributed by atoms with Crippen LogP contribution in [-0.4, -0.2) is 31.1 Å². The van der Waals surface area contributed by atoms with Crippen molar-refractivity contribution in [3.8, 4) is 0 Å². The molecule has 17 heavy (non-hydrogen) atoms. The predicted octanol–water partition coefficient (Wildman–Crippen LogP) is 0.558. The fourth-order valence-electron chi connectivity index (χ4n) is 1.40. The van der Waals surface area contributed by atoms with Crippen molar-refractivity contribution in [3.05, 3.63) is 29.2 Å². The molecule has 7 heteroatoms. The van der Waals surface area contributed by atoms with Gasteiger partial charge in [0.2, 0.25) is 5.89 Å². The third kappa shape index (κ3) is 2.68. The van der Waals surface area contributed by atoms with Crippen LogP contribution in [0.15, 0.2) is 10.6 Å². The molecule has 0 aliphatic heterocycles. The van der Waals surface area contributed by atoms with Gasteiger partial charge in [0.05, 0.1) is 17.8 Å². The number of aliphatic carboxylic acids is 1. The van der Waals surface area contributed by atoms with E-state index >= 15 is 0 Å². The number of carboxylic acid groups (broad SMARTS) is 1. The van der Waals surface area contributed by atoms with Gasteiger partial charge in [-0.15, -0.1) is 5.10 Å². The number of aryl methyl sites for hydroxylation is 2. The summed E-state index contributed by atoms with van der Waals surface area (Å²) >= 11 is 0. The second kappa shape index (κ2) is 4.36. The lowest BCUT2D eigenvalue weighted by Crippen LogP contribution is -2.01. The summed E-state index contributed by atoms with van der Waals surface area (Å²) < 4.78 is 6.90. The molecule has 2 aromatic rings. The Labute approximate surface area is 97.1 Å². The third-order valence-corrected chi connectivity index (χ3v) is 2.29. The summed E-state index contributed by atoms with van der Waals surface area (Å²) in [6.07, 6.45) is 1.44. The quantitative estimate of drug-likeness (QED) is 0.833. The molecule has 1 N–H and O–H groups in total. The number of hydrogen-bond acceptors (Lipinski definition) is 5. The molecule has 7 nitrogen and oxygen atoms in total. The second-order valence-corrected chi connectivity index (χ2v) is 3.73. The lowest BCUT2D eigenvalue weighted by Gasteiger charge is -1.93. The topological polar surface area (TPSA) is 94.0 Å². The number of aromatic nitrogens is 4. The van der Waals surface area contributed by atoms with Crippen LogP contribution in [0.5, 0.6) is 0 Å². The zero-order valence-corrected chi connectivity index (χ0v) is 9.54. The van der Waals surface area contributed by atoms with Crippen LogP contribution in [0.2, 0.25) is 0 Å². The van der Waals surface area contributed by atoms with Crippen molar-refractivity contribution in [1.29, 1.82) is 0 Å². The van der Waals surface area contributed by atoms with Crippen LogP contribution in [0.4, 0.5) is 0 Å². The highest BCUT2D eigenvalue weighted by atomic mass is 16.4. The first-order valence-electron chi connectivity index (χ1n) is 5.08. The Balaban J connectivity index is 2.08. The third-order valence-electron chi connectivity index (χ3n) is 2.29. The van der Waals surface area contributed by atoms with Crippen LogP contribution >= 0.6 is 0 Å². The van der Waals surface area contributed by atoms with Crippen molar-refractivity contribution in [2.45, 2.75) is 26.8 Å². The van der Waals surface area contributed by atoms with Gasteiger partial charge < -0.3 is 9.52 Å². The SMILES string of the molecule is Cc1nc(Cn2cc(CC(=O)O)nn2)oc1C. The van der Waals surface area contributed by atoms with Crippen molar-refractivity contribution < 1.29 is 14.3 Å². The minimum absolute atomic E-state index is 0.135. The van der Waals surface area contributed by atoms with Crippen molar-refractivity contribution in [3.63, 3.8) is 0 Å². The van der Waals surface area contributed by atoms with Gasteiger partial charge in [0.1, 0.15) is 12.3 Å². The van der Waals surface area contributed by atoms with Crippen LogP contribution < -0.4 is 0 Å². The molecule has 0 fully saturated rings. The van der Waals surface area contributed by atoms with E-state index in [1.54, 1.807) is 6.20 Å². The molecule has 0 atom stereocenters. The smallest absolute Gasteiger partial charge is 0.309 e. The molecule has 0 bridgehead atoms. The van der Waals surface area contributed by atoms with E-state index in [2.05, 4.69) is 15.3 Å². The van der Waals surface area contributed by atoms with E-state index in [9.17, 15) is 4.79 Å². The van der Waals surface area contributed by atoms with Crippen molar-refractivity contribution in [2.75, 3.05) is 0 Å². The highest BCUT2D eigenvalue weighted by molar-refractivity contribution is 5.69. The van der Waals surface area contributed by atoms with Gasteiger partial charge in [0, 0.05) is 6.20 Å². The van der Waals surface area contributed by atoms with Gasteiger partial charge in [0.25, 0.3) is 0 Å². The number of oxazole rings is 1. The Bertz CT molecular complexity index is 524. The number of carboxylic acids is 1. The Hall–Kier alpha value is -2.18. The Morgan fingerprint density at radius 3 is 2.88 bits per heavy atom. The molecule has 2 aromatic heterocycles. The van der Waals surface area contributed by atoms with Crippen LogP contribution in [-0.2, 0) is 17.8 Å². The van der Waals surface area contributed by atoms with E-state index in [1.807, 2.05) is 13.8 Å². The molecule has 0 radical (unpaired) electrons. The molecule has 0 aromatic carbocycles. The molecule has 2 heterocycles. The molecule has 2 rings (SSSR count). The highest BCUT2D eigenvalue weighted by Gasteiger charge is 2.09. The van der Waals surface area contributed by atoms with Crippen molar-refractivity contribution in [1.82, 2.24) is 20.0 Å². The summed E-state index contributed by atoms with van der Waals surface area (Å²) in [5.74, 6) is 0.373. The van der Waals surface area contributed by atoms with Crippen LogP contribution in [0.1, 0.15) is 23.0 Å². The van der Waals surface area contributed by atoms with E-state index in [4.69, 9.17) is 9.52 Å². The summed E-state index contributed by atoms with van der Waals surface area (Å²) in [5.41, 5.74) is 1.25. The first-order valence-corrected chi connectivity index (χ1v) is 5.08. The average Bonchev–Trinajstić information content (AvgIpc) is 2.75. The lowest BCUT2D eigenvalue weighted by atomic mass is 10.3. The minimum Gasteiger partial charge on any atom is -0.481 e. The minimum atomic E-state index is -0.931. The second-order valence-electron chi connectivity index (χ2n) is 3.73. The maximum atomic E-state index is 10.5. The molecule has 90 valence electrons. The first-order chi connectivity index (χ1) is 8.04. The molecule has 0 unspecified atom stereocenters. The molecule has 0 aliphatic rings. The fraction of sp³-hybridized carbons (Fsp3) is 0.400. The Morgan fingerprint density at radius 2 is 2.29 bits per heavy atom. The van der Waals surface area contributed by atoms with Crippen LogP contribution in [0, 0.1) is 13.8 Å². The van der Waals surface area contributed by atoms with Gasteiger partial charge in [-0.25, -0.2) is 9.67 Å². The van der Waals surface area contributed by atoms with Gasteiger partial charge >= 0.3 is 5.97 Å². The standard InChI is InChI=1S/C10H12N4O3/c1-6-7(2)17-9(11-6)5-14-4-8(12-13-14)3-10(15)16/h4H,3,5H2,1-2H3,(H,15,16). The Kier molecular flexibility index (Phi) is 2.90. The maximum absolute atomic E-state index is 10.5. The monoisotopic (exact) mass is 236 g/mol. The molecule has 0 aliphatic carbocycles. The number of hydrogen-bond donors (Lipinski definition) is 1. The molecule has 0 saturated heterocycles. The number of nitrogens with zero attached hydrogens (tertiary/aromatic N) is 4. The molecular formula is C10H12N4O3. The van der Waals surface area contributed by atoms with E-state index in [0.717, 1.165) is 11.5 Å². The predicted molar refractivity (Wildman–Crippen MR) is 56.4 cm³/mol. The summed E-state index contributed by atoms with van der Waals surface area (Å²) in [7, 11) is 0. The number of rotatable bonds is 4. The fourth-order valence-corrected chi connectivity index (χ4v) is 1.40.